The van der Waals surface area contributed by atoms with Crippen molar-refractivity contribution in [1.29, 1.82) is 0 Å². The molecule has 1 aromatic heterocycles. The minimum Gasteiger partial charge on any atom is -0.431 e. The highest BCUT2D eigenvalue weighted by Gasteiger charge is 2.31. The van der Waals surface area contributed by atoms with Gasteiger partial charge in [-0.15, -0.1) is 0 Å². The van der Waals surface area contributed by atoms with Gasteiger partial charge in [-0.3, -0.25) is 10.1 Å². The van der Waals surface area contributed by atoms with E-state index in [9.17, 15) is 4.79 Å². The van der Waals surface area contributed by atoms with E-state index < -0.39 is 0 Å². The van der Waals surface area contributed by atoms with Crippen molar-refractivity contribution in [2.75, 3.05) is 11.9 Å². The van der Waals surface area contributed by atoms with Gasteiger partial charge in [0.25, 0.3) is 0 Å². The van der Waals surface area contributed by atoms with Crippen LogP contribution in [0.4, 0.5) is 6.01 Å². The van der Waals surface area contributed by atoms with Crippen LogP contribution in [0.2, 0.25) is 0 Å². The smallest absolute Gasteiger partial charge is 0.301 e. The molecular weight excluding hydrogens is 280 g/mol. The van der Waals surface area contributed by atoms with Crippen LogP contribution in [0.25, 0.3) is 11.3 Å². The second-order valence-electron chi connectivity index (χ2n) is 5.46. The summed E-state index contributed by atoms with van der Waals surface area (Å²) in [7, 11) is 0. The van der Waals surface area contributed by atoms with Gasteiger partial charge in [-0.05, 0) is 19.3 Å². The summed E-state index contributed by atoms with van der Waals surface area (Å²) in [6.07, 6.45) is 4.13. The highest BCUT2D eigenvalue weighted by atomic mass is 16.5. The van der Waals surface area contributed by atoms with Crippen LogP contribution in [0, 0.1) is 5.92 Å². The summed E-state index contributed by atoms with van der Waals surface area (Å²) in [5, 5.41) is 2.77. The molecule has 2 atom stereocenters. The van der Waals surface area contributed by atoms with E-state index in [2.05, 4.69) is 10.3 Å². The molecular formula is C17H20N2O3. The Kier molecular flexibility index (Phi) is 4.53. The van der Waals surface area contributed by atoms with Gasteiger partial charge in [0.1, 0.15) is 12.0 Å². The number of ether oxygens (including phenoxy) is 1. The number of aromatic nitrogens is 1. The van der Waals surface area contributed by atoms with Crippen LogP contribution in [0.1, 0.15) is 26.2 Å². The van der Waals surface area contributed by atoms with Gasteiger partial charge in [0.2, 0.25) is 5.91 Å². The number of rotatable bonds is 4. The summed E-state index contributed by atoms with van der Waals surface area (Å²) in [6, 6.07) is 9.96. The number of nitrogens with zero attached hydrogens (tertiary/aromatic N) is 1. The average molecular weight is 300 g/mol. The maximum Gasteiger partial charge on any atom is 0.301 e. The topological polar surface area (TPSA) is 64.4 Å². The normalized spacial score (nSPS) is 21.5. The van der Waals surface area contributed by atoms with Gasteiger partial charge in [0.15, 0.2) is 0 Å². The van der Waals surface area contributed by atoms with Gasteiger partial charge in [0.05, 0.1) is 12.0 Å². The van der Waals surface area contributed by atoms with Crippen LogP contribution in [0.15, 0.2) is 41.0 Å². The fraction of sp³-hybridized carbons (Fsp3) is 0.412. The van der Waals surface area contributed by atoms with Crippen LogP contribution in [0.5, 0.6) is 0 Å². The minimum absolute atomic E-state index is 0.0164. The number of hydrogen-bond acceptors (Lipinski definition) is 4. The summed E-state index contributed by atoms with van der Waals surface area (Å²) < 4.78 is 11.0. The molecule has 1 fully saturated rings. The molecule has 2 aromatic rings. The molecule has 116 valence electrons. The first-order valence-electron chi connectivity index (χ1n) is 7.71. The monoisotopic (exact) mass is 300 g/mol. The molecule has 0 aliphatic carbocycles. The molecule has 3 rings (SSSR count). The van der Waals surface area contributed by atoms with Crippen molar-refractivity contribution in [2.45, 2.75) is 32.3 Å². The van der Waals surface area contributed by atoms with Crippen molar-refractivity contribution >= 4 is 11.9 Å². The number of hydrogen-bond donors (Lipinski definition) is 1. The minimum atomic E-state index is -0.133. The fourth-order valence-corrected chi connectivity index (χ4v) is 2.81. The molecule has 1 aliphatic rings. The van der Waals surface area contributed by atoms with Gasteiger partial charge >= 0.3 is 6.01 Å². The lowest BCUT2D eigenvalue weighted by Crippen LogP contribution is -2.37. The predicted octanol–water partition coefficient (Wildman–Crippen LogP) is 3.49. The fourth-order valence-electron chi connectivity index (χ4n) is 2.81. The summed E-state index contributed by atoms with van der Waals surface area (Å²) in [6.45, 7) is 2.77. The first-order valence-corrected chi connectivity index (χ1v) is 7.71. The Morgan fingerprint density at radius 3 is 2.95 bits per heavy atom. The van der Waals surface area contributed by atoms with Gasteiger partial charge in [0, 0.05) is 12.2 Å². The molecule has 0 spiro atoms. The molecule has 1 saturated heterocycles. The SMILES string of the molecule is CCC1OCCCC1C(=O)Nc1nc(-c2ccccc2)co1. The van der Waals surface area contributed by atoms with Crippen molar-refractivity contribution in [2.24, 2.45) is 5.92 Å². The standard InChI is InChI=1S/C17H20N2O3/c1-2-15-13(9-6-10-21-15)16(20)19-17-18-14(11-22-17)12-7-4-3-5-8-12/h3-5,7-8,11,13,15H,2,6,9-10H2,1H3,(H,18,19,20). The quantitative estimate of drug-likeness (QED) is 0.938. The van der Waals surface area contributed by atoms with E-state index >= 15 is 0 Å². The second-order valence-corrected chi connectivity index (χ2v) is 5.46. The number of oxazole rings is 1. The third-order valence-corrected chi connectivity index (χ3v) is 3.98. The molecule has 0 saturated carbocycles. The Morgan fingerprint density at radius 2 is 2.18 bits per heavy atom. The number of benzene rings is 1. The van der Waals surface area contributed by atoms with Crippen molar-refractivity contribution in [3.8, 4) is 11.3 Å². The Balaban J connectivity index is 1.68. The van der Waals surface area contributed by atoms with Crippen LogP contribution >= 0.6 is 0 Å². The Bertz CT molecular complexity index is 624. The van der Waals surface area contributed by atoms with E-state index in [-0.39, 0.29) is 23.9 Å². The summed E-state index contributed by atoms with van der Waals surface area (Å²) in [5.41, 5.74) is 1.67. The predicted molar refractivity (Wildman–Crippen MR) is 83.3 cm³/mol. The van der Waals surface area contributed by atoms with E-state index in [1.807, 2.05) is 37.3 Å². The van der Waals surface area contributed by atoms with Gasteiger partial charge in [-0.2, -0.15) is 4.98 Å². The number of nitrogens with one attached hydrogen (secondary N) is 1. The average Bonchev–Trinajstić information content (AvgIpc) is 3.04. The Morgan fingerprint density at radius 1 is 1.36 bits per heavy atom. The van der Waals surface area contributed by atoms with Crippen LogP contribution in [-0.2, 0) is 9.53 Å². The number of carbonyl (C=O) groups is 1. The lowest BCUT2D eigenvalue weighted by molar-refractivity contribution is -0.129. The van der Waals surface area contributed by atoms with Crippen LogP contribution in [0.3, 0.4) is 0 Å². The highest BCUT2D eigenvalue weighted by molar-refractivity contribution is 5.91. The molecule has 5 heteroatoms. The Labute approximate surface area is 129 Å². The summed E-state index contributed by atoms with van der Waals surface area (Å²) >= 11 is 0. The van der Waals surface area contributed by atoms with Crippen LogP contribution < -0.4 is 5.32 Å². The molecule has 22 heavy (non-hydrogen) atoms. The third-order valence-electron chi connectivity index (χ3n) is 3.98. The lowest BCUT2D eigenvalue weighted by atomic mass is 9.92. The van der Waals surface area contributed by atoms with Crippen molar-refractivity contribution < 1.29 is 13.9 Å². The van der Waals surface area contributed by atoms with Crippen molar-refractivity contribution in [3.05, 3.63) is 36.6 Å². The summed E-state index contributed by atoms with van der Waals surface area (Å²) in [4.78, 5) is 16.7. The van der Waals surface area contributed by atoms with E-state index in [1.165, 1.54) is 0 Å². The molecule has 1 aliphatic heterocycles. The van der Waals surface area contributed by atoms with Gasteiger partial charge < -0.3 is 9.15 Å². The molecule has 0 bridgehead atoms. The molecule has 1 amide bonds. The van der Waals surface area contributed by atoms with E-state index in [4.69, 9.17) is 9.15 Å². The molecule has 2 unspecified atom stereocenters. The number of anilines is 1. The maximum absolute atomic E-state index is 12.4. The maximum atomic E-state index is 12.4. The number of carbonyl (C=O) groups excluding carboxylic acids is 1. The zero-order valence-corrected chi connectivity index (χ0v) is 12.6. The first-order chi connectivity index (χ1) is 10.8. The number of amides is 1. The van der Waals surface area contributed by atoms with Crippen LogP contribution in [-0.4, -0.2) is 23.6 Å². The Hall–Kier alpha value is -2.14. The van der Waals surface area contributed by atoms with E-state index in [0.29, 0.717) is 5.69 Å². The second kappa shape index (κ2) is 6.75. The van der Waals surface area contributed by atoms with Crippen molar-refractivity contribution in [3.63, 3.8) is 0 Å². The van der Waals surface area contributed by atoms with Gasteiger partial charge in [-0.1, -0.05) is 37.3 Å². The molecule has 1 N–H and O–H groups in total. The summed E-state index contributed by atoms with van der Waals surface area (Å²) in [5.74, 6) is -0.209. The zero-order valence-electron chi connectivity index (χ0n) is 12.6. The highest BCUT2D eigenvalue weighted by Crippen LogP contribution is 2.25. The molecule has 2 heterocycles. The molecule has 5 nitrogen and oxygen atoms in total. The lowest BCUT2D eigenvalue weighted by Gasteiger charge is -2.29. The van der Waals surface area contributed by atoms with E-state index in [1.54, 1.807) is 6.26 Å². The zero-order chi connectivity index (χ0) is 15.4. The third kappa shape index (κ3) is 3.20. The molecule has 0 radical (unpaired) electrons. The largest absolute Gasteiger partial charge is 0.431 e. The van der Waals surface area contributed by atoms with E-state index in [0.717, 1.165) is 31.4 Å². The van der Waals surface area contributed by atoms with Gasteiger partial charge in [-0.25, -0.2) is 0 Å². The first kappa shape index (κ1) is 14.8. The van der Waals surface area contributed by atoms with Crippen molar-refractivity contribution in [1.82, 2.24) is 4.98 Å². The molecule has 1 aromatic carbocycles.